The number of hydrogen-bond acceptors (Lipinski definition) is 3. The maximum Gasteiger partial charge on any atom is 0.103 e. The van der Waals surface area contributed by atoms with E-state index in [-0.39, 0.29) is 0 Å². The first-order valence-corrected chi connectivity index (χ1v) is 4.58. The van der Waals surface area contributed by atoms with E-state index in [1.807, 2.05) is 26.2 Å². The Balaban J connectivity index is 2.62. The summed E-state index contributed by atoms with van der Waals surface area (Å²) in [6.07, 6.45) is 3.86. The molecule has 1 aliphatic heterocycles. The van der Waals surface area contributed by atoms with Gasteiger partial charge in [-0.05, 0) is 6.08 Å². The number of hydrogen-bond donors (Lipinski definition) is 0. The highest BCUT2D eigenvalue weighted by molar-refractivity contribution is 5.08. The zero-order valence-corrected chi connectivity index (χ0v) is 8.49. The summed E-state index contributed by atoms with van der Waals surface area (Å²) < 4.78 is 5.29. The molecule has 0 bridgehead atoms. The summed E-state index contributed by atoms with van der Waals surface area (Å²) in [6.45, 7) is 7.30. The molecule has 0 amide bonds. The van der Waals surface area contributed by atoms with Crippen LogP contribution in [0.1, 0.15) is 0 Å². The molecule has 0 saturated carbocycles. The summed E-state index contributed by atoms with van der Waals surface area (Å²) in [5.74, 6) is 1.21. The molecule has 1 heterocycles. The van der Waals surface area contributed by atoms with Crippen molar-refractivity contribution in [3.05, 3.63) is 24.6 Å². The number of allylic oxidation sites excluding steroid dienone is 2. The monoisotopic (exact) mass is 182 g/mol. The third kappa shape index (κ3) is 2.77. The Morgan fingerprint density at radius 1 is 1.38 bits per heavy atom. The van der Waals surface area contributed by atoms with Crippen molar-refractivity contribution >= 4 is 0 Å². The number of ether oxygens (including phenoxy) is 1. The fourth-order valence-corrected chi connectivity index (χ4v) is 1.44. The van der Waals surface area contributed by atoms with E-state index in [0.29, 0.717) is 0 Å². The van der Waals surface area contributed by atoms with Gasteiger partial charge in [0.25, 0.3) is 0 Å². The van der Waals surface area contributed by atoms with Gasteiger partial charge >= 0.3 is 0 Å². The largest absolute Gasteiger partial charge is 0.378 e. The van der Waals surface area contributed by atoms with Gasteiger partial charge in [-0.25, -0.2) is 0 Å². The number of morpholine rings is 1. The number of rotatable bonds is 3. The van der Waals surface area contributed by atoms with Gasteiger partial charge in [0.2, 0.25) is 0 Å². The maximum absolute atomic E-state index is 5.29. The van der Waals surface area contributed by atoms with Crippen LogP contribution in [0.4, 0.5) is 0 Å². The summed E-state index contributed by atoms with van der Waals surface area (Å²) in [5.41, 5.74) is 0. The van der Waals surface area contributed by atoms with Crippen molar-refractivity contribution in [2.75, 3.05) is 40.4 Å². The molecular weight excluding hydrogens is 164 g/mol. The van der Waals surface area contributed by atoms with E-state index >= 15 is 0 Å². The van der Waals surface area contributed by atoms with Gasteiger partial charge in [0, 0.05) is 27.2 Å². The third-order valence-electron chi connectivity index (χ3n) is 2.06. The molecule has 0 atom stereocenters. The molecule has 3 nitrogen and oxygen atoms in total. The molecule has 0 aromatic carbocycles. The van der Waals surface area contributed by atoms with Crippen molar-refractivity contribution in [1.29, 1.82) is 0 Å². The highest BCUT2D eigenvalue weighted by atomic mass is 16.5. The predicted molar refractivity (Wildman–Crippen MR) is 54.4 cm³/mol. The lowest BCUT2D eigenvalue weighted by Gasteiger charge is -2.34. The van der Waals surface area contributed by atoms with Crippen LogP contribution in [0, 0.1) is 0 Å². The van der Waals surface area contributed by atoms with Gasteiger partial charge < -0.3 is 14.5 Å². The Bertz CT molecular complexity index is 193. The van der Waals surface area contributed by atoms with Gasteiger partial charge in [-0.15, -0.1) is 0 Å². The smallest absolute Gasteiger partial charge is 0.103 e. The van der Waals surface area contributed by atoms with E-state index in [1.165, 1.54) is 5.82 Å². The molecule has 0 unspecified atom stereocenters. The first-order chi connectivity index (χ1) is 6.25. The average molecular weight is 182 g/mol. The fraction of sp³-hybridized carbons (Fsp3) is 0.600. The zero-order valence-electron chi connectivity index (χ0n) is 8.49. The van der Waals surface area contributed by atoms with Crippen LogP contribution in [0.25, 0.3) is 0 Å². The minimum absolute atomic E-state index is 0.822. The van der Waals surface area contributed by atoms with Crippen molar-refractivity contribution in [3.63, 3.8) is 0 Å². The van der Waals surface area contributed by atoms with Crippen LogP contribution in [-0.2, 0) is 4.74 Å². The Kier molecular flexibility index (Phi) is 3.83. The normalized spacial score (nSPS) is 18.6. The molecule has 74 valence electrons. The quantitative estimate of drug-likeness (QED) is 0.603. The standard InChI is InChI=1S/C10H18N2O/c1-4-5-10(11(2)3)12-6-8-13-9-7-12/h4-5H,1,6-9H2,2-3H3/b10-5+. The molecule has 0 spiro atoms. The van der Waals surface area contributed by atoms with Crippen LogP contribution in [0.5, 0.6) is 0 Å². The minimum atomic E-state index is 0.822. The van der Waals surface area contributed by atoms with Gasteiger partial charge in [0.1, 0.15) is 5.82 Å². The molecule has 1 aliphatic rings. The molecule has 1 saturated heterocycles. The Morgan fingerprint density at radius 2 is 2.00 bits per heavy atom. The molecular formula is C10H18N2O. The van der Waals surface area contributed by atoms with Crippen LogP contribution in [0.15, 0.2) is 24.6 Å². The Hall–Kier alpha value is -0.960. The van der Waals surface area contributed by atoms with E-state index in [9.17, 15) is 0 Å². The molecule has 3 heteroatoms. The second-order valence-corrected chi connectivity index (χ2v) is 3.25. The predicted octanol–water partition coefficient (Wildman–Crippen LogP) is 0.908. The van der Waals surface area contributed by atoms with Crippen molar-refractivity contribution in [3.8, 4) is 0 Å². The molecule has 0 aromatic rings. The molecule has 0 N–H and O–H groups in total. The van der Waals surface area contributed by atoms with E-state index < -0.39 is 0 Å². The topological polar surface area (TPSA) is 15.7 Å². The SMILES string of the molecule is C=C/C=C(\N(C)C)N1CCOCC1. The maximum atomic E-state index is 5.29. The molecule has 0 aromatic heterocycles. The molecule has 0 aliphatic carbocycles. The lowest BCUT2D eigenvalue weighted by Crippen LogP contribution is -2.39. The first-order valence-electron chi connectivity index (χ1n) is 4.58. The summed E-state index contributed by atoms with van der Waals surface area (Å²) in [5, 5.41) is 0. The fourth-order valence-electron chi connectivity index (χ4n) is 1.44. The van der Waals surface area contributed by atoms with Crippen molar-refractivity contribution in [2.24, 2.45) is 0 Å². The second-order valence-electron chi connectivity index (χ2n) is 3.25. The Labute approximate surface area is 80.3 Å². The summed E-state index contributed by atoms with van der Waals surface area (Å²) in [6, 6.07) is 0. The number of nitrogens with zero attached hydrogens (tertiary/aromatic N) is 2. The molecule has 1 fully saturated rings. The van der Waals surface area contributed by atoms with Crippen molar-refractivity contribution < 1.29 is 4.74 Å². The first kappa shape index (κ1) is 10.1. The van der Waals surface area contributed by atoms with Crippen molar-refractivity contribution in [2.45, 2.75) is 0 Å². The minimum Gasteiger partial charge on any atom is -0.378 e. The second kappa shape index (κ2) is 4.92. The Morgan fingerprint density at radius 3 is 2.46 bits per heavy atom. The lowest BCUT2D eigenvalue weighted by molar-refractivity contribution is 0.0424. The summed E-state index contributed by atoms with van der Waals surface area (Å²) in [4.78, 5) is 4.41. The highest BCUT2D eigenvalue weighted by Crippen LogP contribution is 2.09. The molecule has 1 rings (SSSR count). The van der Waals surface area contributed by atoms with Gasteiger partial charge in [-0.1, -0.05) is 12.7 Å². The molecule has 0 radical (unpaired) electrons. The van der Waals surface area contributed by atoms with Crippen molar-refractivity contribution in [1.82, 2.24) is 9.80 Å². The van der Waals surface area contributed by atoms with Gasteiger partial charge in [-0.3, -0.25) is 0 Å². The summed E-state index contributed by atoms with van der Waals surface area (Å²) >= 11 is 0. The van der Waals surface area contributed by atoms with E-state index in [2.05, 4.69) is 16.4 Å². The van der Waals surface area contributed by atoms with Crippen LogP contribution in [0.3, 0.4) is 0 Å². The van der Waals surface area contributed by atoms with E-state index in [1.54, 1.807) is 0 Å². The van der Waals surface area contributed by atoms with Gasteiger partial charge in [-0.2, -0.15) is 0 Å². The van der Waals surface area contributed by atoms with Crippen LogP contribution >= 0.6 is 0 Å². The van der Waals surface area contributed by atoms with Gasteiger partial charge in [0.05, 0.1) is 13.2 Å². The molecule has 13 heavy (non-hydrogen) atoms. The van der Waals surface area contributed by atoms with E-state index in [0.717, 1.165) is 26.3 Å². The lowest BCUT2D eigenvalue weighted by atomic mass is 10.4. The third-order valence-corrected chi connectivity index (χ3v) is 2.06. The highest BCUT2D eigenvalue weighted by Gasteiger charge is 2.13. The zero-order chi connectivity index (χ0) is 9.68. The van der Waals surface area contributed by atoms with Crippen LogP contribution in [-0.4, -0.2) is 50.2 Å². The summed E-state index contributed by atoms with van der Waals surface area (Å²) in [7, 11) is 4.09. The van der Waals surface area contributed by atoms with E-state index in [4.69, 9.17) is 4.74 Å². The average Bonchev–Trinajstić information content (AvgIpc) is 2.15. The van der Waals surface area contributed by atoms with Gasteiger partial charge in [0.15, 0.2) is 0 Å². The van der Waals surface area contributed by atoms with Crippen LogP contribution < -0.4 is 0 Å². The van der Waals surface area contributed by atoms with Crippen LogP contribution in [0.2, 0.25) is 0 Å².